The Morgan fingerprint density at radius 3 is 2.53 bits per heavy atom. The largest absolute Gasteiger partial charge is 0.444 e. The van der Waals surface area contributed by atoms with E-state index in [1.54, 1.807) is 20.8 Å². The Kier molecular flexibility index (Phi) is 3.78. The average Bonchev–Trinajstić information content (AvgIpc) is 2.46. The van der Waals surface area contributed by atoms with E-state index in [1.165, 1.54) is 5.38 Å². The van der Waals surface area contributed by atoms with E-state index in [0.717, 1.165) is 17.8 Å². The number of amides is 1. The Bertz CT molecular complexity index is 513. The second-order valence-electron chi connectivity index (χ2n) is 4.43. The van der Waals surface area contributed by atoms with Crippen molar-refractivity contribution in [1.29, 1.82) is 0 Å². The number of sulfone groups is 1. The first-order chi connectivity index (χ1) is 7.59. The molecule has 6 nitrogen and oxygen atoms in total. The molecule has 0 unspecified atom stereocenters. The van der Waals surface area contributed by atoms with Gasteiger partial charge in [-0.15, -0.1) is 0 Å². The van der Waals surface area contributed by atoms with Crippen LogP contribution in [-0.2, 0) is 14.6 Å². The Hall–Kier alpha value is -1.15. The van der Waals surface area contributed by atoms with Crippen molar-refractivity contribution in [3.05, 3.63) is 5.38 Å². The van der Waals surface area contributed by atoms with Gasteiger partial charge in [-0.25, -0.2) is 13.2 Å². The van der Waals surface area contributed by atoms with Crippen molar-refractivity contribution in [3.8, 4) is 0 Å². The fraction of sp³-hybridized carbons (Fsp3) is 0.556. The van der Waals surface area contributed by atoms with Crippen LogP contribution in [0.3, 0.4) is 0 Å². The lowest BCUT2D eigenvalue weighted by atomic mass is 10.2. The number of nitrogens with one attached hydrogen (secondary N) is 1. The lowest BCUT2D eigenvalue weighted by Gasteiger charge is -2.19. The number of hydrogen-bond acceptors (Lipinski definition) is 6. The van der Waals surface area contributed by atoms with Gasteiger partial charge < -0.3 is 4.74 Å². The van der Waals surface area contributed by atoms with E-state index >= 15 is 0 Å². The van der Waals surface area contributed by atoms with Gasteiger partial charge in [-0.3, -0.25) is 5.32 Å². The number of carbonyl (C=O) groups excluding carboxylic acids is 1. The van der Waals surface area contributed by atoms with Crippen LogP contribution >= 0.6 is 11.5 Å². The maximum Gasteiger partial charge on any atom is 0.413 e. The highest BCUT2D eigenvalue weighted by Crippen LogP contribution is 2.22. The summed E-state index contributed by atoms with van der Waals surface area (Å²) in [6.07, 6.45) is 0.324. The molecule has 0 aromatic carbocycles. The van der Waals surface area contributed by atoms with Crippen LogP contribution in [0, 0.1) is 0 Å². The first kappa shape index (κ1) is 13.9. The molecule has 0 spiro atoms. The quantitative estimate of drug-likeness (QED) is 0.893. The third kappa shape index (κ3) is 4.31. The van der Waals surface area contributed by atoms with Gasteiger partial charge in [0, 0.05) is 11.6 Å². The molecule has 1 heterocycles. The second kappa shape index (κ2) is 4.61. The standard InChI is InChI=1S/C9H14N2O4S2/c1-9(2,3)15-8(12)10-7-6(5-16-11-7)17(4,13)14/h5H,1-4H3,(H,10,11,12). The molecule has 0 saturated heterocycles. The highest BCUT2D eigenvalue weighted by atomic mass is 32.2. The zero-order chi connectivity index (χ0) is 13.3. The molecule has 0 radical (unpaired) electrons. The number of nitrogens with zero attached hydrogens (tertiary/aromatic N) is 1. The van der Waals surface area contributed by atoms with Gasteiger partial charge in [-0.1, -0.05) is 0 Å². The minimum Gasteiger partial charge on any atom is -0.444 e. The molecule has 0 aliphatic rings. The number of hydrogen-bond donors (Lipinski definition) is 1. The van der Waals surface area contributed by atoms with E-state index in [0.29, 0.717) is 0 Å². The molecule has 0 atom stereocenters. The van der Waals surface area contributed by atoms with Gasteiger partial charge in [0.2, 0.25) is 0 Å². The molecule has 17 heavy (non-hydrogen) atoms. The summed E-state index contributed by atoms with van der Waals surface area (Å²) >= 11 is 0.954. The van der Waals surface area contributed by atoms with E-state index in [1.807, 2.05) is 0 Å². The van der Waals surface area contributed by atoms with Crippen molar-refractivity contribution in [1.82, 2.24) is 4.37 Å². The number of carbonyl (C=O) groups is 1. The molecule has 1 aromatic rings. The maximum atomic E-state index is 11.4. The summed E-state index contributed by atoms with van der Waals surface area (Å²) in [6, 6.07) is 0. The van der Waals surface area contributed by atoms with Crippen molar-refractivity contribution < 1.29 is 17.9 Å². The minimum atomic E-state index is -3.40. The Labute approximate surface area is 104 Å². The van der Waals surface area contributed by atoms with Crippen molar-refractivity contribution in [2.24, 2.45) is 0 Å². The summed E-state index contributed by atoms with van der Waals surface area (Å²) in [5.74, 6) is 0.00625. The minimum absolute atomic E-state index is 0.00615. The van der Waals surface area contributed by atoms with Gasteiger partial charge in [0.05, 0.1) is 0 Å². The van der Waals surface area contributed by atoms with Gasteiger partial charge in [0.25, 0.3) is 0 Å². The number of aromatic nitrogens is 1. The van der Waals surface area contributed by atoms with Crippen molar-refractivity contribution in [2.75, 3.05) is 11.6 Å². The molecule has 1 N–H and O–H groups in total. The van der Waals surface area contributed by atoms with Gasteiger partial charge in [-0.05, 0) is 32.3 Å². The summed E-state index contributed by atoms with van der Waals surface area (Å²) in [7, 11) is -3.40. The van der Waals surface area contributed by atoms with E-state index in [2.05, 4.69) is 9.69 Å². The lowest BCUT2D eigenvalue weighted by Crippen LogP contribution is -2.27. The summed E-state index contributed by atoms with van der Waals surface area (Å²) < 4.78 is 31.5. The topological polar surface area (TPSA) is 85.4 Å². The van der Waals surface area contributed by atoms with Gasteiger partial charge in [0.15, 0.2) is 15.7 Å². The molecule has 8 heteroatoms. The molecule has 1 amide bonds. The van der Waals surface area contributed by atoms with Gasteiger partial charge in [-0.2, -0.15) is 4.37 Å². The van der Waals surface area contributed by atoms with Crippen LogP contribution in [0.25, 0.3) is 0 Å². The van der Waals surface area contributed by atoms with Crippen LogP contribution in [0.15, 0.2) is 10.3 Å². The normalized spacial score (nSPS) is 12.2. The van der Waals surface area contributed by atoms with E-state index < -0.39 is 21.5 Å². The van der Waals surface area contributed by atoms with Crippen LogP contribution < -0.4 is 5.32 Å². The van der Waals surface area contributed by atoms with Crippen molar-refractivity contribution in [3.63, 3.8) is 0 Å². The van der Waals surface area contributed by atoms with E-state index in [-0.39, 0.29) is 10.7 Å². The third-order valence-electron chi connectivity index (χ3n) is 1.56. The van der Waals surface area contributed by atoms with Gasteiger partial charge >= 0.3 is 6.09 Å². The monoisotopic (exact) mass is 278 g/mol. The molecular formula is C9H14N2O4S2. The Morgan fingerprint density at radius 2 is 2.06 bits per heavy atom. The van der Waals surface area contributed by atoms with Crippen LogP contribution in [-0.4, -0.2) is 30.7 Å². The first-order valence-corrected chi connectivity index (χ1v) is 7.47. The lowest BCUT2D eigenvalue weighted by molar-refractivity contribution is 0.0635. The average molecular weight is 278 g/mol. The highest BCUT2D eigenvalue weighted by Gasteiger charge is 2.21. The molecule has 0 aliphatic carbocycles. The number of rotatable bonds is 2. The number of anilines is 1. The summed E-state index contributed by atoms with van der Waals surface area (Å²) in [5, 5.41) is 3.68. The Morgan fingerprint density at radius 1 is 1.47 bits per heavy atom. The van der Waals surface area contributed by atoms with Crippen LogP contribution in [0.4, 0.5) is 10.6 Å². The molecule has 0 bridgehead atoms. The highest BCUT2D eigenvalue weighted by molar-refractivity contribution is 7.91. The molecule has 1 rings (SSSR count). The molecule has 0 fully saturated rings. The van der Waals surface area contributed by atoms with E-state index in [4.69, 9.17) is 4.74 Å². The fourth-order valence-electron chi connectivity index (χ4n) is 0.975. The van der Waals surface area contributed by atoms with E-state index in [9.17, 15) is 13.2 Å². The Balaban J connectivity index is 2.84. The summed E-state index contributed by atoms with van der Waals surface area (Å²) in [4.78, 5) is 11.4. The van der Waals surface area contributed by atoms with Crippen LogP contribution in [0.1, 0.15) is 20.8 Å². The molecular weight excluding hydrogens is 264 g/mol. The maximum absolute atomic E-state index is 11.4. The SMILES string of the molecule is CC(C)(C)OC(=O)Nc1nscc1S(C)(=O)=O. The zero-order valence-electron chi connectivity index (χ0n) is 9.97. The summed E-state index contributed by atoms with van der Waals surface area (Å²) in [6.45, 7) is 5.14. The predicted octanol–water partition coefficient (Wildman–Crippen LogP) is 1.89. The molecule has 1 aromatic heterocycles. The van der Waals surface area contributed by atoms with Gasteiger partial charge in [0.1, 0.15) is 10.5 Å². The second-order valence-corrected chi connectivity index (χ2v) is 7.04. The first-order valence-electron chi connectivity index (χ1n) is 4.74. The van der Waals surface area contributed by atoms with Crippen molar-refractivity contribution in [2.45, 2.75) is 31.3 Å². The molecule has 0 aliphatic heterocycles. The third-order valence-corrected chi connectivity index (χ3v) is 3.44. The smallest absolute Gasteiger partial charge is 0.413 e. The molecule has 0 saturated carbocycles. The van der Waals surface area contributed by atoms with Crippen molar-refractivity contribution >= 4 is 33.3 Å². The number of ether oxygens (including phenoxy) is 1. The van der Waals surface area contributed by atoms with Crippen LogP contribution in [0.2, 0.25) is 0 Å². The van der Waals surface area contributed by atoms with Crippen LogP contribution in [0.5, 0.6) is 0 Å². The molecule has 96 valence electrons. The predicted molar refractivity (Wildman–Crippen MR) is 65.1 cm³/mol. The summed E-state index contributed by atoms with van der Waals surface area (Å²) in [5.41, 5.74) is -0.647. The fourth-order valence-corrected chi connectivity index (χ4v) is 2.82. The zero-order valence-corrected chi connectivity index (χ0v) is 11.6.